The molecule has 4 rings (SSSR count). The van der Waals surface area contributed by atoms with Gasteiger partial charge in [0.05, 0.1) is 16.4 Å². The van der Waals surface area contributed by atoms with Gasteiger partial charge in [-0.3, -0.25) is 25.1 Å². The molecule has 138 valence electrons. The molecule has 1 aliphatic heterocycles. The van der Waals surface area contributed by atoms with Gasteiger partial charge in [-0.2, -0.15) is 0 Å². The first-order valence-electron chi connectivity index (χ1n) is 8.65. The second-order valence-electron chi connectivity index (χ2n) is 6.68. The van der Waals surface area contributed by atoms with Gasteiger partial charge < -0.3 is 4.42 Å². The van der Waals surface area contributed by atoms with E-state index in [2.05, 4.69) is 4.90 Å². The Morgan fingerprint density at radius 3 is 2.30 bits per heavy atom. The van der Waals surface area contributed by atoms with E-state index >= 15 is 0 Å². The Bertz CT molecular complexity index is 1040. The highest BCUT2D eigenvalue weighted by atomic mass is 16.6. The second kappa shape index (κ2) is 6.81. The maximum absolute atomic E-state index is 11.0. The first-order valence-corrected chi connectivity index (χ1v) is 8.65. The predicted molar refractivity (Wildman–Crippen MR) is 98.6 cm³/mol. The third kappa shape index (κ3) is 3.52. The number of benzene rings is 2. The monoisotopic (exact) mass is 367 g/mol. The highest BCUT2D eigenvalue weighted by Crippen LogP contribution is 2.26. The summed E-state index contributed by atoms with van der Waals surface area (Å²) in [5, 5.41) is 22.6. The smallest absolute Gasteiger partial charge is 0.270 e. The number of nitro benzene ring substituents is 2. The quantitative estimate of drug-likeness (QED) is 0.512. The van der Waals surface area contributed by atoms with Crippen molar-refractivity contribution in [1.29, 1.82) is 0 Å². The Morgan fingerprint density at radius 2 is 1.56 bits per heavy atom. The minimum absolute atomic E-state index is 0.0432. The molecule has 0 saturated carbocycles. The Kier molecular flexibility index (Phi) is 4.33. The van der Waals surface area contributed by atoms with Crippen LogP contribution in [0, 0.1) is 20.2 Å². The molecule has 1 aliphatic rings. The molecule has 8 heteroatoms. The Morgan fingerprint density at radius 1 is 0.889 bits per heavy atom. The van der Waals surface area contributed by atoms with E-state index in [4.69, 9.17) is 4.42 Å². The minimum Gasteiger partial charge on any atom is -0.460 e. The van der Waals surface area contributed by atoms with Crippen LogP contribution in [0.3, 0.4) is 0 Å². The molecule has 3 aromatic rings. The van der Waals surface area contributed by atoms with Crippen LogP contribution in [0.25, 0.3) is 11.0 Å². The van der Waals surface area contributed by atoms with Crippen LogP contribution < -0.4 is 0 Å². The number of fused-ring (bicyclic) bond motifs is 2. The molecular formula is C19H17N3O5. The summed E-state index contributed by atoms with van der Waals surface area (Å²) in [6.07, 6.45) is 1.56. The van der Waals surface area contributed by atoms with Gasteiger partial charge in [0.2, 0.25) is 0 Å². The summed E-state index contributed by atoms with van der Waals surface area (Å²) < 4.78 is 5.82. The van der Waals surface area contributed by atoms with Gasteiger partial charge in [-0.1, -0.05) is 6.07 Å². The van der Waals surface area contributed by atoms with E-state index in [0.29, 0.717) is 17.5 Å². The SMILES string of the molecule is O=[N+]([O-])c1ccc2c(c1)CCN(Cc1cc3cc([N+](=O)[O-])ccc3o1)CC2. The summed E-state index contributed by atoms with van der Waals surface area (Å²) >= 11 is 0. The highest BCUT2D eigenvalue weighted by molar-refractivity contribution is 5.80. The third-order valence-corrected chi connectivity index (χ3v) is 4.94. The molecule has 2 aromatic carbocycles. The van der Waals surface area contributed by atoms with Gasteiger partial charge in [0.15, 0.2) is 0 Å². The average molecular weight is 367 g/mol. The van der Waals surface area contributed by atoms with Crippen LogP contribution in [0.15, 0.2) is 46.9 Å². The van der Waals surface area contributed by atoms with E-state index in [-0.39, 0.29) is 16.3 Å². The summed E-state index contributed by atoms with van der Waals surface area (Å²) in [7, 11) is 0. The van der Waals surface area contributed by atoms with Gasteiger partial charge in [-0.05, 0) is 36.1 Å². The van der Waals surface area contributed by atoms with Crippen molar-refractivity contribution in [3.8, 4) is 0 Å². The van der Waals surface area contributed by atoms with Crippen LogP contribution >= 0.6 is 0 Å². The van der Waals surface area contributed by atoms with Gasteiger partial charge in [0.1, 0.15) is 11.3 Å². The lowest BCUT2D eigenvalue weighted by molar-refractivity contribution is -0.385. The lowest BCUT2D eigenvalue weighted by atomic mass is 10.0. The van der Waals surface area contributed by atoms with Crippen LogP contribution in [0.5, 0.6) is 0 Å². The molecule has 0 fully saturated rings. The third-order valence-electron chi connectivity index (χ3n) is 4.94. The summed E-state index contributed by atoms with van der Waals surface area (Å²) in [4.78, 5) is 23.3. The van der Waals surface area contributed by atoms with E-state index in [9.17, 15) is 20.2 Å². The van der Waals surface area contributed by atoms with E-state index in [1.54, 1.807) is 18.2 Å². The molecular weight excluding hydrogens is 350 g/mol. The zero-order chi connectivity index (χ0) is 19.0. The fraction of sp³-hybridized carbons (Fsp3) is 0.263. The molecule has 0 aliphatic carbocycles. The molecule has 0 atom stereocenters. The predicted octanol–water partition coefficient (Wildman–Crippen LogP) is 3.85. The van der Waals surface area contributed by atoms with Crippen LogP contribution in [0.1, 0.15) is 16.9 Å². The molecule has 2 heterocycles. The summed E-state index contributed by atoms with van der Waals surface area (Å²) in [5.74, 6) is 0.752. The maximum atomic E-state index is 11.0. The van der Waals surface area contributed by atoms with Gasteiger partial charge in [0.25, 0.3) is 11.4 Å². The van der Waals surface area contributed by atoms with Crippen molar-refractivity contribution in [2.45, 2.75) is 19.4 Å². The lowest BCUT2D eigenvalue weighted by Crippen LogP contribution is -2.25. The molecule has 0 amide bonds. The first kappa shape index (κ1) is 17.2. The van der Waals surface area contributed by atoms with Gasteiger partial charge >= 0.3 is 0 Å². The lowest BCUT2D eigenvalue weighted by Gasteiger charge is -2.17. The van der Waals surface area contributed by atoms with E-state index < -0.39 is 4.92 Å². The van der Waals surface area contributed by atoms with Crippen molar-refractivity contribution in [1.82, 2.24) is 4.90 Å². The standard InChI is InChI=1S/C19H17N3O5/c23-21(24)16-2-1-13-5-7-20(8-6-14(13)9-16)12-18-11-15-10-17(22(25)26)3-4-19(15)27-18/h1-4,9-11H,5-8,12H2. The number of rotatable bonds is 4. The summed E-state index contributed by atoms with van der Waals surface area (Å²) in [5.41, 5.74) is 2.96. The molecule has 0 spiro atoms. The Hall–Kier alpha value is -3.26. The van der Waals surface area contributed by atoms with Crippen LogP contribution in [-0.4, -0.2) is 27.8 Å². The van der Waals surface area contributed by atoms with Crippen molar-refractivity contribution in [2.24, 2.45) is 0 Å². The van der Waals surface area contributed by atoms with Gasteiger partial charge in [0, 0.05) is 42.7 Å². The van der Waals surface area contributed by atoms with Crippen LogP contribution in [-0.2, 0) is 19.4 Å². The zero-order valence-electron chi connectivity index (χ0n) is 14.5. The largest absolute Gasteiger partial charge is 0.460 e. The van der Waals surface area contributed by atoms with E-state index in [1.807, 2.05) is 12.1 Å². The van der Waals surface area contributed by atoms with Crippen molar-refractivity contribution in [3.05, 3.63) is 79.6 Å². The van der Waals surface area contributed by atoms with E-state index in [0.717, 1.165) is 42.8 Å². The average Bonchev–Trinajstić information content (AvgIpc) is 2.94. The van der Waals surface area contributed by atoms with Crippen LogP contribution in [0.4, 0.5) is 11.4 Å². The molecule has 27 heavy (non-hydrogen) atoms. The van der Waals surface area contributed by atoms with Crippen molar-refractivity contribution in [2.75, 3.05) is 13.1 Å². The Labute approximate surface area is 154 Å². The highest BCUT2D eigenvalue weighted by Gasteiger charge is 2.18. The van der Waals surface area contributed by atoms with Gasteiger partial charge in [-0.15, -0.1) is 0 Å². The van der Waals surface area contributed by atoms with E-state index in [1.165, 1.54) is 12.1 Å². The maximum Gasteiger partial charge on any atom is 0.270 e. The van der Waals surface area contributed by atoms with Gasteiger partial charge in [-0.25, -0.2) is 0 Å². The fourth-order valence-electron chi connectivity index (χ4n) is 3.53. The number of furan rings is 1. The molecule has 8 nitrogen and oxygen atoms in total. The molecule has 0 N–H and O–H groups in total. The topological polar surface area (TPSA) is 103 Å². The number of nitrogens with zero attached hydrogens (tertiary/aromatic N) is 3. The minimum atomic E-state index is -0.419. The summed E-state index contributed by atoms with van der Waals surface area (Å²) in [6.45, 7) is 2.19. The number of non-ortho nitro benzene ring substituents is 2. The molecule has 0 radical (unpaired) electrons. The first-order chi connectivity index (χ1) is 13.0. The molecule has 1 aromatic heterocycles. The van der Waals surface area contributed by atoms with Crippen molar-refractivity contribution in [3.63, 3.8) is 0 Å². The normalized spacial score (nSPS) is 14.7. The zero-order valence-corrected chi connectivity index (χ0v) is 14.5. The summed E-state index contributed by atoms with van der Waals surface area (Å²) in [6, 6.07) is 11.5. The molecule has 0 unspecified atom stereocenters. The molecule has 0 saturated heterocycles. The number of hydrogen-bond donors (Lipinski definition) is 0. The Balaban J connectivity index is 1.50. The molecule has 0 bridgehead atoms. The number of nitro groups is 2. The number of hydrogen-bond acceptors (Lipinski definition) is 6. The van der Waals surface area contributed by atoms with Crippen molar-refractivity contribution < 1.29 is 14.3 Å². The van der Waals surface area contributed by atoms with Crippen LogP contribution in [0.2, 0.25) is 0 Å². The fourth-order valence-corrected chi connectivity index (χ4v) is 3.53. The van der Waals surface area contributed by atoms with Crippen molar-refractivity contribution >= 4 is 22.3 Å². The second-order valence-corrected chi connectivity index (χ2v) is 6.68.